The van der Waals surface area contributed by atoms with Crippen molar-refractivity contribution < 1.29 is 9.90 Å². The summed E-state index contributed by atoms with van der Waals surface area (Å²) in [7, 11) is 2.07. The molecule has 0 aromatic heterocycles. The van der Waals surface area contributed by atoms with Gasteiger partial charge in [0.05, 0.1) is 0 Å². The SMILES string of the molecule is Cc1ccc(N(C)C(C)CC(C)C)c(/C=C/C(=O)O)c1. The van der Waals surface area contributed by atoms with Crippen LogP contribution in [0.4, 0.5) is 5.69 Å². The molecule has 0 aliphatic heterocycles. The van der Waals surface area contributed by atoms with E-state index in [0.717, 1.165) is 23.2 Å². The average Bonchev–Trinajstić information content (AvgIpc) is 2.34. The van der Waals surface area contributed by atoms with Gasteiger partial charge in [-0.2, -0.15) is 0 Å². The van der Waals surface area contributed by atoms with Crippen molar-refractivity contribution in [2.24, 2.45) is 5.92 Å². The summed E-state index contributed by atoms with van der Waals surface area (Å²) in [6, 6.07) is 6.56. The first-order valence-electron chi connectivity index (χ1n) is 7.05. The number of hydrogen-bond donors (Lipinski definition) is 1. The van der Waals surface area contributed by atoms with E-state index in [9.17, 15) is 4.79 Å². The quantitative estimate of drug-likeness (QED) is 0.799. The molecular formula is C17H25NO2. The minimum absolute atomic E-state index is 0.412. The van der Waals surface area contributed by atoms with Crippen molar-refractivity contribution in [1.82, 2.24) is 0 Å². The van der Waals surface area contributed by atoms with Crippen LogP contribution in [-0.2, 0) is 4.79 Å². The van der Waals surface area contributed by atoms with Crippen LogP contribution in [0.25, 0.3) is 6.08 Å². The second-order valence-electron chi connectivity index (χ2n) is 5.82. The number of carboxylic acids is 1. The Bertz CT molecular complexity index is 492. The summed E-state index contributed by atoms with van der Waals surface area (Å²) in [5.74, 6) is -0.286. The molecule has 3 nitrogen and oxygen atoms in total. The molecule has 0 heterocycles. The van der Waals surface area contributed by atoms with Gasteiger partial charge in [-0.05, 0) is 50.0 Å². The van der Waals surface area contributed by atoms with E-state index in [-0.39, 0.29) is 0 Å². The first kappa shape index (κ1) is 16.3. The molecule has 1 atom stereocenters. The molecule has 1 rings (SSSR count). The molecule has 0 saturated carbocycles. The van der Waals surface area contributed by atoms with E-state index >= 15 is 0 Å². The van der Waals surface area contributed by atoms with Gasteiger partial charge in [0, 0.05) is 24.9 Å². The zero-order valence-corrected chi connectivity index (χ0v) is 13.1. The van der Waals surface area contributed by atoms with Crippen molar-refractivity contribution in [2.45, 2.75) is 40.2 Å². The van der Waals surface area contributed by atoms with Gasteiger partial charge in [0.15, 0.2) is 0 Å². The molecule has 0 spiro atoms. The van der Waals surface area contributed by atoms with Crippen molar-refractivity contribution in [3.05, 3.63) is 35.4 Å². The Kier molecular flexibility index (Phi) is 5.81. The maximum absolute atomic E-state index is 10.7. The summed E-state index contributed by atoms with van der Waals surface area (Å²) >= 11 is 0. The predicted octanol–water partition coefficient (Wildman–Crippen LogP) is 3.96. The molecule has 0 bridgehead atoms. The second kappa shape index (κ2) is 7.13. The molecule has 3 heteroatoms. The summed E-state index contributed by atoms with van der Waals surface area (Å²) in [6.45, 7) is 8.64. The summed E-state index contributed by atoms with van der Waals surface area (Å²) in [5.41, 5.74) is 3.15. The molecule has 1 N–H and O–H groups in total. The van der Waals surface area contributed by atoms with Crippen LogP contribution < -0.4 is 4.90 Å². The van der Waals surface area contributed by atoms with E-state index in [4.69, 9.17) is 5.11 Å². The molecule has 110 valence electrons. The topological polar surface area (TPSA) is 40.5 Å². The Balaban J connectivity index is 3.07. The van der Waals surface area contributed by atoms with E-state index < -0.39 is 5.97 Å². The Morgan fingerprint density at radius 2 is 2.00 bits per heavy atom. The third-order valence-electron chi connectivity index (χ3n) is 3.44. The Morgan fingerprint density at radius 3 is 2.55 bits per heavy atom. The van der Waals surface area contributed by atoms with Crippen LogP contribution in [0.2, 0.25) is 0 Å². The smallest absolute Gasteiger partial charge is 0.328 e. The molecule has 0 saturated heterocycles. The van der Waals surface area contributed by atoms with Crippen molar-refractivity contribution in [3.63, 3.8) is 0 Å². The molecule has 0 fully saturated rings. The van der Waals surface area contributed by atoms with Gasteiger partial charge < -0.3 is 10.0 Å². The van der Waals surface area contributed by atoms with Gasteiger partial charge in [0.2, 0.25) is 0 Å². The minimum atomic E-state index is -0.921. The lowest BCUT2D eigenvalue weighted by Gasteiger charge is -2.30. The summed E-state index contributed by atoms with van der Waals surface area (Å²) < 4.78 is 0. The monoisotopic (exact) mass is 275 g/mol. The number of aryl methyl sites for hydroxylation is 1. The first-order valence-corrected chi connectivity index (χ1v) is 7.05. The number of anilines is 1. The summed E-state index contributed by atoms with van der Waals surface area (Å²) in [6.07, 6.45) is 3.97. The highest BCUT2D eigenvalue weighted by Gasteiger charge is 2.14. The fourth-order valence-electron chi connectivity index (χ4n) is 2.37. The van der Waals surface area contributed by atoms with Crippen LogP contribution >= 0.6 is 0 Å². The van der Waals surface area contributed by atoms with Gasteiger partial charge in [-0.3, -0.25) is 0 Å². The highest BCUT2D eigenvalue weighted by molar-refractivity contribution is 5.87. The van der Waals surface area contributed by atoms with Crippen molar-refractivity contribution >= 4 is 17.7 Å². The zero-order chi connectivity index (χ0) is 15.3. The first-order chi connectivity index (χ1) is 9.31. The standard InChI is InChI=1S/C17H25NO2/c1-12(2)10-14(4)18(5)16-8-6-13(3)11-15(16)7-9-17(19)20/h6-9,11-12,14H,10H2,1-5H3,(H,19,20)/b9-7+. The number of carbonyl (C=O) groups is 1. The van der Waals surface area contributed by atoms with Crippen LogP contribution in [0, 0.1) is 12.8 Å². The third-order valence-corrected chi connectivity index (χ3v) is 3.44. The van der Waals surface area contributed by atoms with E-state index in [1.807, 2.05) is 13.0 Å². The number of carboxylic acid groups (broad SMARTS) is 1. The number of benzene rings is 1. The van der Waals surface area contributed by atoms with Crippen LogP contribution in [0.3, 0.4) is 0 Å². The van der Waals surface area contributed by atoms with Gasteiger partial charge >= 0.3 is 5.97 Å². The van der Waals surface area contributed by atoms with Crippen molar-refractivity contribution in [2.75, 3.05) is 11.9 Å². The normalized spacial score (nSPS) is 12.9. The maximum Gasteiger partial charge on any atom is 0.328 e. The molecule has 0 amide bonds. The highest BCUT2D eigenvalue weighted by atomic mass is 16.4. The zero-order valence-electron chi connectivity index (χ0n) is 13.1. The lowest BCUT2D eigenvalue weighted by atomic mass is 10.0. The molecular weight excluding hydrogens is 250 g/mol. The van der Waals surface area contributed by atoms with Gasteiger partial charge in [-0.25, -0.2) is 4.79 Å². The second-order valence-corrected chi connectivity index (χ2v) is 5.82. The van der Waals surface area contributed by atoms with E-state index in [2.05, 4.69) is 44.9 Å². The Labute approximate surface area is 121 Å². The van der Waals surface area contributed by atoms with Gasteiger partial charge in [0.1, 0.15) is 0 Å². The third kappa shape index (κ3) is 4.72. The molecule has 1 aromatic carbocycles. The lowest BCUT2D eigenvalue weighted by molar-refractivity contribution is -0.131. The largest absolute Gasteiger partial charge is 0.478 e. The molecule has 0 aliphatic carbocycles. The summed E-state index contributed by atoms with van der Waals surface area (Å²) in [4.78, 5) is 12.9. The van der Waals surface area contributed by atoms with E-state index in [1.165, 1.54) is 6.08 Å². The van der Waals surface area contributed by atoms with E-state index in [0.29, 0.717) is 12.0 Å². The fraction of sp³-hybridized carbons (Fsp3) is 0.471. The predicted molar refractivity (Wildman–Crippen MR) is 85.2 cm³/mol. The number of hydrogen-bond acceptors (Lipinski definition) is 2. The maximum atomic E-state index is 10.7. The average molecular weight is 275 g/mol. The van der Waals surface area contributed by atoms with Gasteiger partial charge in [-0.1, -0.05) is 25.5 Å². The highest BCUT2D eigenvalue weighted by Crippen LogP contribution is 2.25. The summed E-state index contributed by atoms with van der Waals surface area (Å²) in [5, 5.41) is 8.80. The van der Waals surface area contributed by atoms with Crippen LogP contribution in [0.15, 0.2) is 24.3 Å². The lowest BCUT2D eigenvalue weighted by Crippen LogP contribution is -2.30. The minimum Gasteiger partial charge on any atom is -0.478 e. The van der Waals surface area contributed by atoms with Gasteiger partial charge in [-0.15, -0.1) is 0 Å². The Morgan fingerprint density at radius 1 is 1.35 bits per heavy atom. The van der Waals surface area contributed by atoms with Crippen LogP contribution in [0.5, 0.6) is 0 Å². The number of aliphatic carboxylic acids is 1. The van der Waals surface area contributed by atoms with Crippen molar-refractivity contribution in [1.29, 1.82) is 0 Å². The number of nitrogens with zero attached hydrogens (tertiary/aromatic N) is 1. The van der Waals surface area contributed by atoms with E-state index in [1.54, 1.807) is 6.08 Å². The van der Waals surface area contributed by atoms with Crippen molar-refractivity contribution in [3.8, 4) is 0 Å². The molecule has 0 radical (unpaired) electrons. The van der Waals surface area contributed by atoms with Crippen LogP contribution in [0.1, 0.15) is 38.3 Å². The fourth-order valence-corrected chi connectivity index (χ4v) is 2.37. The number of rotatable bonds is 6. The Hall–Kier alpha value is -1.77. The molecule has 1 unspecified atom stereocenters. The molecule has 1 aromatic rings. The molecule has 0 aliphatic rings. The van der Waals surface area contributed by atoms with Crippen LogP contribution in [-0.4, -0.2) is 24.2 Å². The molecule has 20 heavy (non-hydrogen) atoms. The van der Waals surface area contributed by atoms with Gasteiger partial charge in [0.25, 0.3) is 0 Å².